The van der Waals surface area contributed by atoms with E-state index < -0.39 is 6.36 Å². The maximum atomic E-state index is 12.9. The molecule has 2 aliphatic heterocycles. The minimum Gasteiger partial charge on any atom is -0.486 e. The number of fused-ring (bicyclic) bond motifs is 1. The molecule has 0 unspecified atom stereocenters. The number of rotatable bonds is 5. The van der Waals surface area contributed by atoms with Gasteiger partial charge in [-0.05, 0) is 54.8 Å². The van der Waals surface area contributed by atoms with Crippen LogP contribution in [-0.4, -0.2) is 49.3 Å². The molecule has 0 N–H and O–H groups in total. The first kappa shape index (κ1) is 22.7. The summed E-state index contributed by atoms with van der Waals surface area (Å²) in [4.78, 5) is 27.0. The van der Waals surface area contributed by atoms with Crippen molar-refractivity contribution < 1.29 is 37.0 Å². The van der Waals surface area contributed by atoms with Crippen molar-refractivity contribution in [1.29, 1.82) is 0 Å². The number of hydrogen-bond donors (Lipinski definition) is 0. The summed E-state index contributed by atoms with van der Waals surface area (Å²) in [7, 11) is 0. The highest BCUT2D eigenvalue weighted by molar-refractivity contribution is 5.99. The zero-order valence-electron chi connectivity index (χ0n) is 17.6. The fourth-order valence-electron chi connectivity index (χ4n) is 3.85. The quantitative estimate of drug-likeness (QED) is 0.485. The predicted molar refractivity (Wildman–Crippen MR) is 113 cm³/mol. The van der Waals surface area contributed by atoms with Gasteiger partial charge >= 0.3 is 6.36 Å². The molecule has 2 aliphatic rings. The van der Waals surface area contributed by atoms with Crippen molar-refractivity contribution in [2.24, 2.45) is 5.92 Å². The van der Waals surface area contributed by atoms with E-state index in [0.29, 0.717) is 61.8 Å². The van der Waals surface area contributed by atoms with E-state index in [-0.39, 0.29) is 23.4 Å². The number of halogens is 3. The van der Waals surface area contributed by atoms with Gasteiger partial charge in [0, 0.05) is 30.6 Å². The van der Waals surface area contributed by atoms with E-state index in [1.165, 1.54) is 36.4 Å². The van der Waals surface area contributed by atoms with E-state index in [1.807, 2.05) is 0 Å². The van der Waals surface area contributed by atoms with E-state index in [1.54, 1.807) is 23.1 Å². The lowest BCUT2D eigenvalue weighted by Crippen LogP contribution is -2.39. The van der Waals surface area contributed by atoms with Gasteiger partial charge in [0.25, 0.3) is 0 Å². The Balaban J connectivity index is 1.29. The zero-order chi connectivity index (χ0) is 23.4. The lowest BCUT2D eigenvalue weighted by molar-refractivity contribution is -0.274. The van der Waals surface area contributed by atoms with Crippen LogP contribution in [0.15, 0.2) is 48.5 Å². The van der Waals surface area contributed by atoms with Gasteiger partial charge in [0.1, 0.15) is 19.0 Å². The van der Waals surface area contributed by atoms with E-state index in [9.17, 15) is 22.8 Å². The molecule has 0 aliphatic carbocycles. The van der Waals surface area contributed by atoms with Gasteiger partial charge in [0.15, 0.2) is 17.3 Å². The number of nitrogens with zero attached hydrogens (tertiary/aromatic N) is 1. The highest BCUT2D eigenvalue weighted by Gasteiger charge is 2.31. The molecule has 174 valence electrons. The summed E-state index contributed by atoms with van der Waals surface area (Å²) in [5.41, 5.74) is 1.14. The van der Waals surface area contributed by atoms with Crippen LogP contribution in [0.25, 0.3) is 6.08 Å². The number of ether oxygens (including phenoxy) is 3. The SMILES string of the molecule is O=C(c1ccc2c(c1)OCCO2)C1CCN(C(=O)/C=C/c2ccc(OC(F)(F)F)cc2)CC1. The highest BCUT2D eigenvalue weighted by atomic mass is 19.4. The van der Waals surface area contributed by atoms with Crippen LogP contribution in [0, 0.1) is 5.92 Å². The monoisotopic (exact) mass is 461 g/mol. The topological polar surface area (TPSA) is 65.1 Å². The standard InChI is InChI=1S/C24H22F3NO5/c25-24(26,27)33-19-5-1-16(2-6-19)3-8-22(29)28-11-9-17(10-12-28)23(30)18-4-7-20-21(15-18)32-14-13-31-20/h1-8,15,17H,9-14H2/b8-3+. The molecule has 2 aromatic rings. The number of ketones is 1. The van der Waals surface area contributed by atoms with Gasteiger partial charge in [-0.2, -0.15) is 0 Å². The summed E-state index contributed by atoms with van der Waals surface area (Å²) in [6.45, 7) is 1.83. The summed E-state index contributed by atoms with van der Waals surface area (Å²) in [6, 6.07) is 10.4. The molecule has 1 amide bonds. The van der Waals surface area contributed by atoms with Crippen LogP contribution in [0.4, 0.5) is 13.2 Å². The molecule has 9 heteroatoms. The first-order chi connectivity index (χ1) is 15.8. The average Bonchev–Trinajstić information content (AvgIpc) is 2.82. The Labute approximate surface area is 188 Å². The summed E-state index contributed by atoms with van der Waals surface area (Å²) in [5, 5.41) is 0. The fourth-order valence-corrected chi connectivity index (χ4v) is 3.85. The zero-order valence-corrected chi connectivity index (χ0v) is 17.6. The molecule has 1 fully saturated rings. The molecule has 2 aromatic carbocycles. The highest BCUT2D eigenvalue weighted by Crippen LogP contribution is 2.32. The van der Waals surface area contributed by atoms with Crippen LogP contribution >= 0.6 is 0 Å². The fraction of sp³-hybridized carbons (Fsp3) is 0.333. The third kappa shape index (κ3) is 5.85. The normalized spacial score (nSPS) is 16.6. The van der Waals surface area contributed by atoms with Crippen LogP contribution in [0.1, 0.15) is 28.8 Å². The van der Waals surface area contributed by atoms with E-state index in [4.69, 9.17) is 9.47 Å². The second-order valence-electron chi connectivity index (χ2n) is 7.77. The van der Waals surface area contributed by atoms with Crippen molar-refractivity contribution in [2.45, 2.75) is 19.2 Å². The van der Waals surface area contributed by atoms with Crippen LogP contribution in [0.3, 0.4) is 0 Å². The smallest absolute Gasteiger partial charge is 0.486 e. The van der Waals surface area contributed by atoms with Crippen molar-refractivity contribution in [3.05, 3.63) is 59.7 Å². The van der Waals surface area contributed by atoms with Crippen molar-refractivity contribution in [3.8, 4) is 17.2 Å². The van der Waals surface area contributed by atoms with Crippen LogP contribution < -0.4 is 14.2 Å². The van der Waals surface area contributed by atoms with Gasteiger partial charge in [-0.25, -0.2) is 0 Å². The van der Waals surface area contributed by atoms with Crippen LogP contribution in [0.5, 0.6) is 17.2 Å². The Kier molecular flexibility index (Phi) is 6.57. The van der Waals surface area contributed by atoms with Crippen LogP contribution in [-0.2, 0) is 4.79 Å². The lowest BCUT2D eigenvalue weighted by Gasteiger charge is -2.30. The predicted octanol–water partition coefficient (Wildman–Crippen LogP) is 4.49. The molecule has 0 atom stereocenters. The number of hydrogen-bond acceptors (Lipinski definition) is 5. The Morgan fingerprint density at radius 2 is 1.64 bits per heavy atom. The first-order valence-corrected chi connectivity index (χ1v) is 10.6. The molecule has 2 heterocycles. The molecule has 0 saturated carbocycles. The number of piperidine rings is 1. The Morgan fingerprint density at radius 3 is 2.30 bits per heavy atom. The van der Waals surface area contributed by atoms with Crippen molar-refractivity contribution >= 4 is 17.8 Å². The van der Waals surface area contributed by atoms with Crippen molar-refractivity contribution in [3.63, 3.8) is 0 Å². The molecule has 0 spiro atoms. The number of amides is 1. The van der Waals surface area contributed by atoms with Crippen molar-refractivity contribution in [2.75, 3.05) is 26.3 Å². The second-order valence-corrected chi connectivity index (χ2v) is 7.77. The molecule has 6 nitrogen and oxygen atoms in total. The molecule has 0 bridgehead atoms. The molecular formula is C24H22F3NO5. The molecular weight excluding hydrogens is 439 g/mol. The Hall–Kier alpha value is -3.49. The van der Waals surface area contributed by atoms with Gasteiger partial charge in [0.2, 0.25) is 5.91 Å². The maximum absolute atomic E-state index is 12.9. The van der Waals surface area contributed by atoms with E-state index in [2.05, 4.69) is 4.74 Å². The summed E-state index contributed by atoms with van der Waals surface area (Å²) < 4.78 is 51.5. The van der Waals surface area contributed by atoms with Gasteiger partial charge in [-0.1, -0.05) is 12.1 Å². The summed E-state index contributed by atoms with van der Waals surface area (Å²) >= 11 is 0. The van der Waals surface area contributed by atoms with Crippen LogP contribution in [0.2, 0.25) is 0 Å². The summed E-state index contributed by atoms with van der Waals surface area (Å²) in [5.74, 6) is 0.513. The third-order valence-electron chi connectivity index (χ3n) is 5.54. The first-order valence-electron chi connectivity index (χ1n) is 10.6. The maximum Gasteiger partial charge on any atom is 0.573 e. The Bertz CT molecular complexity index is 1040. The van der Waals surface area contributed by atoms with Gasteiger partial charge < -0.3 is 19.1 Å². The minimum atomic E-state index is -4.75. The van der Waals surface area contributed by atoms with Gasteiger partial charge in [-0.3, -0.25) is 9.59 Å². The minimum absolute atomic E-state index is 0.0239. The Morgan fingerprint density at radius 1 is 0.970 bits per heavy atom. The average molecular weight is 461 g/mol. The molecule has 33 heavy (non-hydrogen) atoms. The molecule has 4 rings (SSSR count). The number of alkyl halides is 3. The number of Topliss-reactive ketones (excluding diaryl/α,β-unsaturated/α-hetero) is 1. The second kappa shape index (κ2) is 9.56. The number of benzene rings is 2. The third-order valence-corrected chi connectivity index (χ3v) is 5.54. The molecule has 1 saturated heterocycles. The van der Waals surface area contributed by atoms with E-state index in [0.717, 1.165) is 0 Å². The largest absolute Gasteiger partial charge is 0.573 e. The van der Waals surface area contributed by atoms with E-state index >= 15 is 0 Å². The molecule has 0 aromatic heterocycles. The van der Waals surface area contributed by atoms with Gasteiger partial charge in [-0.15, -0.1) is 13.2 Å². The number of likely N-dealkylation sites (tertiary alicyclic amines) is 1. The summed E-state index contributed by atoms with van der Waals surface area (Å²) in [6.07, 6.45) is -0.732. The van der Waals surface area contributed by atoms with Gasteiger partial charge in [0.05, 0.1) is 0 Å². The molecule has 0 radical (unpaired) electrons. The van der Waals surface area contributed by atoms with Crippen molar-refractivity contribution in [1.82, 2.24) is 4.90 Å². The number of carbonyl (C=O) groups excluding carboxylic acids is 2. The number of carbonyl (C=O) groups is 2. The lowest BCUT2D eigenvalue weighted by atomic mass is 9.88.